The molecule has 0 saturated heterocycles. The van der Waals surface area contributed by atoms with Crippen LogP contribution in [0.15, 0.2) is 134 Å². The zero-order valence-electron chi connectivity index (χ0n) is 17.6. The fourth-order valence-electron chi connectivity index (χ4n) is 3.62. The van der Waals surface area contributed by atoms with E-state index in [0.29, 0.717) is 0 Å². The molecular formula is C29H26NO+. The van der Waals surface area contributed by atoms with Gasteiger partial charge in [0.2, 0.25) is 0 Å². The second-order valence-corrected chi connectivity index (χ2v) is 7.34. The minimum atomic E-state index is 0.784. The van der Waals surface area contributed by atoms with Gasteiger partial charge in [-0.1, -0.05) is 73.8 Å². The van der Waals surface area contributed by atoms with E-state index in [1.165, 1.54) is 0 Å². The summed E-state index contributed by atoms with van der Waals surface area (Å²) in [6.07, 6.45) is 16.7. The SMILES string of the molecule is C=CC[N+](CC=C)=C1C=CC(=C2C=C(c3ccccc3)OC(c3ccccc3)=C2)C=C1. The smallest absolute Gasteiger partial charge is 0.200 e. The summed E-state index contributed by atoms with van der Waals surface area (Å²) in [6, 6.07) is 20.4. The van der Waals surface area contributed by atoms with Crippen LogP contribution in [0.25, 0.3) is 11.5 Å². The second kappa shape index (κ2) is 9.73. The van der Waals surface area contributed by atoms with Crippen LogP contribution < -0.4 is 0 Å². The molecule has 2 heteroatoms. The third-order valence-corrected chi connectivity index (χ3v) is 5.17. The third-order valence-electron chi connectivity index (χ3n) is 5.17. The Kier molecular flexibility index (Phi) is 6.39. The summed E-state index contributed by atoms with van der Waals surface area (Å²) in [6.45, 7) is 9.30. The van der Waals surface area contributed by atoms with Crippen molar-refractivity contribution in [2.24, 2.45) is 0 Å². The van der Waals surface area contributed by atoms with Gasteiger partial charge in [0.05, 0.1) is 0 Å². The molecule has 31 heavy (non-hydrogen) atoms. The van der Waals surface area contributed by atoms with Gasteiger partial charge in [-0.3, -0.25) is 0 Å². The monoisotopic (exact) mass is 404 g/mol. The van der Waals surface area contributed by atoms with E-state index in [4.69, 9.17) is 4.74 Å². The van der Waals surface area contributed by atoms with Crippen LogP contribution in [-0.4, -0.2) is 23.4 Å². The van der Waals surface area contributed by atoms with Crippen molar-refractivity contribution in [2.45, 2.75) is 0 Å². The number of hydrogen-bond donors (Lipinski definition) is 0. The molecule has 1 aliphatic heterocycles. The Morgan fingerprint density at radius 3 is 1.58 bits per heavy atom. The lowest BCUT2D eigenvalue weighted by atomic mass is 9.97. The van der Waals surface area contributed by atoms with E-state index in [2.05, 4.69) is 78.5 Å². The largest absolute Gasteiger partial charge is 0.456 e. The first kappa shape index (κ1) is 20.4. The van der Waals surface area contributed by atoms with E-state index in [-0.39, 0.29) is 0 Å². The Labute approximate surface area is 184 Å². The number of rotatable bonds is 6. The summed E-state index contributed by atoms with van der Waals surface area (Å²) >= 11 is 0. The number of hydrogen-bond acceptors (Lipinski definition) is 1. The maximum Gasteiger partial charge on any atom is 0.200 e. The summed E-state index contributed by atoms with van der Waals surface area (Å²) in [5, 5.41) is 0. The maximum atomic E-state index is 6.31. The molecule has 1 heterocycles. The van der Waals surface area contributed by atoms with Crippen LogP contribution >= 0.6 is 0 Å². The molecule has 0 atom stereocenters. The molecule has 0 N–H and O–H groups in total. The number of ether oxygens (including phenoxy) is 1. The molecule has 1 aliphatic carbocycles. The average Bonchev–Trinajstić information content (AvgIpc) is 2.85. The van der Waals surface area contributed by atoms with Crippen molar-refractivity contribution in [3.63, 3.8) is 0 Å². The predicted molar refractivity (Wildman–Crippen MR) is 131 cm³/mol. The highest BCUT2D eigenvalue weighted by Crippen LogP contribution is 2.33. The van der Waals surface area contributed by atoms with E-state index < -0.39 is 0 Å². The summed E-state index contributed by atoms with van der Waals surface area (Å²) in [5.74, 6) is 1.70. The standard InChI is InChI=1S/C29H26NO/c1-3-19-30(20-4-2)27-17-15-23(16-18-27)26-21-28(24-11-7-5-8-12-24)31-29(22-26)25-13-9-6-10-14-25/h3-18,21-22H,1-2,19-20H2/q+1. The summed E-state index contributed by atoms with van der Waals surface area (Å²) in [5.41, 5.74) is 5.53. The molecule has 0 fully saturated rings. The lowest BCUT2D eigenvalue weighted by Crippen LogP contribution is -2.20. The Morgan fingerprint density at radius 2 is 1.13 bits per heavy atom. The normalized spacial score (nSPS) is 15.2. The van der Waals surface area contributed by atoms with Crippen molar-refractivity contribution < 1.29 is 9.31 Å². The molecule has 0 spiro atoms. The van der Waals surface area contributed by atoms with Gasteiger partial charge in [0, 0.05) is 23.3 Å². The van der Waals surface area contributed by atoms with Gasteiger partial charge in [-0.15, -0.1) is 0 Å². The summed E-state index contributed by atoms with van der Waals surface area (Å²) in [7, 11) is 0. The average molecular weight is 405 g/mol. The molecule has 2 nitrogen and oxygen atoms in total. The summed E-state index contributed by atoms with van der Waals surface area (Å²) < 4.78 is 8.54. The fourth-order valence-corrected chi connectivity index (χ4v) is 3.62. The minimum Gasteiger partial charge on any atom is -0.456 e. The lowest BCUT2D eigenvalue weighted by molar-refractivity contribution is -0.505. The van der Waals surface area contributed by atoms with Crippen LogP contribution in [0, 0.1) is 0 Å². The molecule has 0 aromatic heterocycles. The number of nitrogens with zero attached hydrogens (tertiary/aromatic N) is 1. The van der Waals surface area contributed by atoms with Gasteiger partial charge >= 0.3 is 0 Å². The van der Waals surface area contributed by atoms with Crippen LogP contribution in [0.5, 0.6) is 0 Å². The van der Waals surface area contributed by atoms with Gasteiger partial charge in [0.15, 0.2) is 18.8 Å². The third kappa shape index (κ3) is 4.81. The molecule has 0 saturated carbocycles. The van der Waals surface area contributed by atoms with Gasteiger partial charge in [0.25, 0.3) is 0 Å². The van der Waals surface area contributed by atoms with Crippen molar-refractivity contribution in [1.82, 2.24) is 0 Å². The quantitative estimate of drug-likeness (QED) is 0.404. The topological polar surface area (TPSA) is 12.2 Å². The highest BCUT2D eigenvalue weighted by Gasteiger charge is 2.17. The summed E-state index contributed by atoms with van der Waals surface area (Å²) in [4.78, 5) is 0. The molecule has 4 rings (SSSR count). The minimum absolute atomic E-state index is 0.784. The molecular weight excluding hydrogens is 378 g/mol. The van der Waals surface area contributed by atoms with Crippen molar-refractivity contribution in [3.8, 4) is 0 Å². The van der Waals surface area contributed by atoms with Crippen molar-refractivity contribution >= 4 is 17.2 Å². The Balaban J connectivity index is 1.76. The molecule has 0 bridgehead atoms. The Morgan fingerprint density at radius 1 is 0.645 bits per heavy atom. The Hall–Kier alpha value is -3.91. The first-order valence-electron chi connectivity index (χ1n) is 10.4. The highest BCUT2D eigenvalue weighted by atomic mass is 16.5. The fraction of sp³-hybridized carbons (Fsp3) is 0.0690. The van der Waals surface area contributed by atoms with Crippen LogP contribution in [0.2, 0.25) is 0 Å². The van der Waals surface area contributed by atoms with E-state index in [1.54, 1.807) is 0 Å². The van der Waals surface area contributed by atoms with E-state index in [9.17, 15) is 0 Å². The first-order chi connectivity index (χ1) is 15.3. The number of benzene rings is 2. The van der Waals surface area contributed by atoms with Gasteiger partial charge in [-0.25, -0.2) is 4.58 Å². The lowest BCUT2D eigenvalue weighted by Gasteiger charge is -2.20. The Bertz CT molecular complexity index is 1070. The molecule has 0 radical (unpaired) electrons. The van der Waals surface area contributed by atoms with Crippen LogP contribution in [0.1, 0.15) is 11.1 Å². The van der Waals surface area contributed by atoms with Crippen LogP contribution in [0.3, 0.4) is 0 Å². The predicted octanol–water partition coefficient (Wildman–Crippen LogP) is 6.35. The molecule has 0 unspecified atom stereocenters. The zero-order chi connectivity index (χ0) is 21.5. The van der Waals surface area contributed by atoms with Gasteiger partial charge in [-0.2, -0.15) is 0 Å². The maximum absolute atomic E-state index is 6.31. The van der Waals surface area contributed by atoms with Crippen LogP contribution in [-0.2, 0) is 4.74 Å². The molecule has 0 amide bonds. The molecule has 2 aromatic rings. The number of allylic oxidation sites excluding steroid dienone is 8. The van der Waals surface area contributed by atoms with Gasteiger partial charge in [-0.05, 0) is 47.6 Å². The zero-order valence-corrected chi connectivity index (χ0v) is 17.6. The van der Waals surface area contributed by atoms with Crippen molar-refractivity contribution in [1.29, 1.82) is 0 Å². The van der Waals surface area contributed by atoms with E-state index in [0.717, 1.165) is 52.6 Å². The van der Waals surface area contributed by atoms with Gasteiger partial charge in [0.1, 0.15) is 11.5 Å². The molecule has 152 valence electrons. The second-order valence-electron chi connectivity index (χ2n) is 7.34. The first-order valence-corrected chi connectivity index (χ1v) is 10.4. The van der Waals surface area contributed by atoms with Crippen molar-refractivity contribution in [2.75, 3.05) is 13.1 Å². The molecule has 2 aromatic carbocycles. The van der Waals surface area contributed by atoms with E-state index >= 15 is 0 Å². The molecule has 2 aliphatic rings. The van der Waals surface area contributed by atoms with E-state index in [1.807, 2.05) is 48.6 Å². The van der Waals surface area contributed by atoms with Crippen LogP contribution in [0.4, 0.5) is 0 Å². The van der Waals surface area contributed by atoms with Crippen molar-refractivity contribution in [3.05, 3.63) is 145 Å². The highest BCUT2D eigenvalue weighted by molar-refractivity contribution is 6.02. The van der Waals surface area contributed by atoms with Gasteiger partial charge < -0.3 is 4.74 Å².